The number of hydrogen-bond donors (Lipinski definition) is 1. The fourth-order valence-electron chi connectivity index (χ4n) is 2.89. The molecular formula is C18H27FN2. The van der Waals surface area contributed by atoms with Gasteiger partial charge in [-0.3, -0.25) is 0 Å². The molecule has 116 valence electrons. The van der Waals surface area contributed by atoms with E-state index in [4.69, 9.17) is 5.73 Å². The minimum atomic E-state index is -0.172. The number of anilines is 1. The normalized spacial score (nSPS) is 17.7. The predicted octanol–water partition coefficient (Wildman–Crippen LogP) is 4.34. The summed E-state index contributed by atoms with van der Waals surface area (Å²) in [7, 11) is 0. The van der Waals surface area contributed by atoms with E-state index in [0.717, 1.165) is 30.8 Å². The van der Waals surface area contributed by atoms with E-state index in [1.807, 2.05) is 19.9 Å². The van der Waals surface area contributed by atoms with Crippen LogP contribution in [0.3, 0.4) is 0 Å². The summed E-state index contributed by atoms with van der Waals surface area (Å²) in [5, 5.41) is 0. The molecule has 0 radical (unpaired) electrons. The Bertz CT molecular complexity index is 553. The van der Waals surface area contributed by atoms with Crippen molar-refractivity contribution in [3.8, 4) is 0 Å². The van der Waals surface area contributed by atoms with Gasteiger partial charge >= 0.3 is 0 Å². The van der Waals surface area contributed by atoms with Crippen LogP contribution in [0.4, 0.5) is 10.1 Å². The largest absolute Gasteiger partial charge is 0.367 e. The second kappa shape index (κ2) is 5.80. The highest BCUT2D eigenvalue weighted by molar-refractivity contribution is 5.58. The lowest BCUT2D eigenvalue weighted by atomic mass is 9.83. The van der Waals surface area contributed by atoms with E-state index >= 15 is 0 Å². The molecule has 0 saturated carbocycles. The van der Waals surface area contributed by atoms with Gasteiger partial charge in [-0.2, -0.15) is 0 Å². The van der Waals surface area contributed by atoms with E-state index < -0.39 is 0 Å². The minimum Gasteiger partial charge on any atom is -0.367 e. The van der Waals surface area contributed by atoms with Gasteiger partial charge in [0.1, 0.15) is 5.82 Å². The lowest BCUT2D eigenvalue weighted by Gasteiger charge is -2.35. The number of benzene rings is 1. The molecule has 2 N–H and O–H groups in total. The van der Waals surface area contributed by atoms with Gasteiger partial charge in [0, 0.05) is 24.8 Å². The van der Waals surface area contributed by atoms with Crippen LogP contribution in [-0.2, 0) is 0 Å². The molecule has 0 fully saturated rings. The Labute approximate surface area is 127 Å². The third-order valence-electron chi connectivity index (χ3n) is 4.31. The zero-order valence-corrected chi connectivity index (χ0v) is 13.8. The standard InChI is InChI=1S/C18H27FN2/c1-12-10-17(15(13(2)20)11-16(12)19)21-8-6-14(7-9-21)18(3,4)5/h6,10-11,13H,7-9,20H2,1-5H3. The summed E-state index contributed by atoms with van der Waals surface area (Å²) in [6.07, 6.45) is 3.37. The number of rotatable bonds is 2. The predicted molar refractivity (Wildman–Crippen MR) is 88.1 cm³/mol. The molecule has 1 heterocycles. The second-order valence-electron chi connectivity index (χ2n) is 7.12. The van der Waals surface area contributed by atoms with E-state index in [2.05, 4.69) is 31.7 Å². The highest BCUT2D eigenvalue weighted by Gasteiger charge is 2.23. The molecule has 1 aliphatic rings. The minimum absolute atomic E-state index is 0.164. The van der Waals surface area contributed by atoms with Crippen molar-refractivity contribution in [2.75, 3.05) is 18.0 Å². The molecule has 1 aromatic carbocycles. The van der Waals surface area contributed by atoms with Crippen molar-refractivity contribution in [2.45, 2.75) is 47.1 Å². The molecular weight excluding hydrogens is 263 g/mol. The van der Waals surface area contributed by atoms with Gasteiger partial charge in [0.15, 0.2) is 0 Å². The highest BCUT2D eigenvalue weighted by atomic mass is 19.1. The molecule has 2 nitrogen and oxygen atoms in total. The van der Waals surface area contributed by atoms with Crippen molar-refractivity contribution in [3.63, 3.8) is 0 Å². The number of nitrogens with zero attached hydrogens (tertiary/aromatic N) is 1. The molecule has 1 aliphatic heterocycles. The monoisotopic (exact) mass is 290 g/mol. The Morgan fingerprint density at radius 1 is 1.29 bits per heavy atom. The van der Waals surface area contributed by atoms with Gasteiger partial charge in [0.25, 0.3) is 0 Å². The van der Waals surface area contributed by atoms with Crippen LogP contribution in [0.5, 0.6) is 0 Å². The highest BCUT2D eigenvalue weighted by Crippen LogP contribution is 2.34. The van der Waals surface area contributed by atoms with Crippen LogP contribution >= 0.6 is 0 Å². The number of hydrogen-bond acceptors (Lipinski definition) is 2. The van der Waals surface area contributed by atoms with Crippen LogP contribution in [0.15, 0.2) is 23.8 Å². The molecule has 0 spiro atoms. The fraction of sp³-hybridized carbons (Fsp3) is 0.556. The van der Waals surface area contributed by atoms with Gasteiger partial charge in [-0.15, -0.1) is 0 Å². The fourth-order valence-corrected chi connectivity index (χ4v) is 2.89. The maximum absolute atomic E-state index is 13.8. The van der Waals surface area contributed by atoms with E-state index in [1.165, 1.54) is 5.57 Å². The molecule has 21 heavy (non-hydrogen) atoms. The van der Waals surface area contributed by atoms with Crippen LogP contribution in [0.2, 0.25) is 0 Å². The van der Waals surface area contributed by atoms with Crippen LogP contribution in [0.1, 0.15) is 51.3 Å². The molecule has 1 unspecified atom stereocenters. The van der Waals surface area contributed by atoms with E-state index in [1.54, 1.807) is 6.07 Å². The molecule has 0 bridgehead atoms. The Kier molecular flexibility index (Phi) is 4.43. The third kappa shape index (κ3) is 3.46. The molecule has 0 aliphatic carbocycles. The average Bonchev–Trinajstić information content (AvgIpc) is 2.40. The van der Waals surface area contributed by atoms with Gasteiger partial charge in [-0.25, -0.2) is 4.39 Å². The molecule has 0 amide bonds. The molecule has 1 aromatic rings. The van der Waals surface area contributed by atoms with E-state index in [9.17, 15) is 4.39 Å². The molecule has 0 aromatic heterocycles. The van der Waals surface area contributed by atoms with Gasteiger partial charge in [0.2, 0.25) is 0 Å². The third-order valence-corrected chi connectivity index (χ3v) is 4.31. The zero-order chi connectivity index (χ0) is 15.8. The number of halogens is 1. The quantitative estimate of drug-likeness (QED) is 0.821. The second-order valence-corrected chi connectivity index (χ2v) is 7.12. The maximum atomic E-state index is 13.8. The van der Waals surface area contributed by atoms with E-state index in [0.29, 0.717) is 5.56 Å². The smallest absolute Gasteiger partial charge is 0.126 e. The zero-order valence-electron chi connectivity index (χ0n) is 13.8. The summed E-state index contributed by atoms with van der Waals surface area (Å²) in [5.74, 6) is -0.172. The Morgan fingerprint density at radius 2 is 1.95 bits per heavy atom. The van der Waals surface area contributed by atoms with Gasteiger partial charge < -0.3 is 10.6 Å². The summed E-state index contributed by atoms with van der Waals surface area (Å²) < 4.78 is 13.8. The van der Waals surface area contributed by atoms with Crippen LogP contribution in [0, 0.1) is 18.2 Å². The molecule has 3 heteroatoms. The first kappa shape index (κ1) is 16.0. The van der Waals surface area contributed by atoms with Crippen molar-refractivity contribution >= 4 is 5.69 Å². The first-order chi connectivity index (χ1) is 9.70. The number of aryl methyl sites for hydroxylation is 1. The summed E-state index contributed by atoms with van der Waals surface area (Å²) in [4.78, 5) is 2.31. The van der Waals surface area contributed by atoms with Crippen LogP contribution in [0.25, 0.3) is 0 Å². The first-order valence-corrected chi connectivity index (χ1v) is 7.70. The molecule has 0 saturated heterocycles. The van der Waals surface area contributed by atoms with Crippen LogP contribution < -0.4 is 10.6 Å². The first-order valence-electron chi connectivity index (χ1n) is 7.70. The maximum Gasteiger partial charge on any atom is 0.126 e. The summed E-state index contributed by atoms with van der Waals surface area (Å²) in [6.45, 7) is 12.3. The SMILES string of the molecule is Cc1cc(N2CC=C(C(C)(C)C)CC2)c(C(C)N)cc1F. The lowest BCUT2D eigenvalue weighted by Crippen LogP contribution is -2.32. The van der Waals surface area contributed by atoms with Crippen molar-refractivity contribution < 1.29 is 4.39 Å². The van der Waals surface area contributed by atoms with E-state index in [-0.39, 0.29) is 17.3 Å². The topological polar surface area (TPSA) is 29.3 Å². The Hall–Kier alpha value is -1.35. The van der Waals surface area contributed by atoms with Crippen LogP contribution in [-0.4, -0.2) is 13.1 Å². The average molecular weight is 290 g/mol. The van der Waals surface area contributed by atoms with Crippen molar-refractivity contribution in [3.05, 3.63) is 40.7 Å². The van der Waals surface area contributed by atoms with Gasteiger partial charge in [-0.05, 0) is 48.9 Å². The lowest BCUT2D eigenvalue weighted by molar-refractivity contribution is 0.472. The Morgan fingerprint density at radius 3 is 2.43 bits per heavy atom. The van der Waals surface area contributed by atoms with Crippen molar-refractivity contribution in [1.82, 2.24) is 0 Å². The molecule has 2 rings (SSSR count). The number of nitrogens with two attached hydrogens (primary N) is 1. The summed E-state index contributed by atoms with van der Waals surface area (Å²) in [5.41, 5.74) is 10.4. The summed E-state index contributed by atoms with van der Waals surface area (Å²) >= 11 is 0. The van der Waals surface area contributed by atoms with Gasteiger partial charge in [0.05, 0.1) is 0 Å². The van der Waals surface area contributed by atoms with Crippen molar-refractivity contribution in [2.24, 2.45) is 11.1 Å². The van der Waals surface area contributed by atoms with Crippen molar-refractivity contribution in [1.29, 1.82) is 0 Å². The molecule has 1 atom stereocenters. The Balaban J connectivity index is 2.32. The summed E-state index contributed by atoms with van der Waals surface area (Å²) in [6, 6.07) is 3.37. The van der Waals surface area contributed by atoms with Gasteiger partial charge in [-0.1, -0.05) is 32.4 Å².